The van der Waals surface area contributed by atoms with E-state index in [1.807, 2.05) is 26.0 Å². The first-order chi connectivity index (χ1) is 7.18. The fraction of sp³-hybridized carbons (Fsp3) is 0.750. The summed E-state index contributed by atoms with van der Waals surface area (Å²) >= 11 is 0. The van der Waals surface area contributed by atoms with Crippen LogP contribution in [0.3, 0.4) is 0 Å². The Morgan fingerprint density at radius 2 is 1.67 bits per heavy atom. The number of carbonyl (C=O) groups is 1. The summed E-state index contributed by atoms with van der Waals surface area (Å²) in [7, 11) is 0. The number of allylic oxidation sites excluding steroid dienone is 2. The predicted molar refractivity (Wildman–Crippen MR) is 63.1 cm³/mol. The van der Waals surface area contributed by atoms with Gasteiger partial charge in [-0.25, -0.2) is 0 Å². The van der Waals surface area contributed by atoms with Crippen LogP contribution in [0.4, 0.5) is 0 Å². The summed E-state index contributed by atoms with van der Waals surface area (Å²) in [6.07, 6.45) is 7.05. The summed E-state index contributed by atoms with van der Waals surface area (Å²) in [5, 5.41) is 8.24. The van der Waals surface area contributed by atoms with Gasteiger partial charge in [0.25, 0.3) is 0 Å². The van der Waals surface area contributed by atoms with E-state index in [0.29, 0.717) is 6.42 Å². The molecule has 0 aliphatic rings. The van der Waals surface area contributed by atoms with Crippen molar-refractivity contribution in [3.8, 4) is 0 Å². The van der Waals surface area contributed by atoms with E-state index in [2.05, 4.69) is 6.92 Å². The van der Waals surface area contributed by atoms with Crippen molar-refractivity contribution in [1.82, 2.24) is 0 Å². The average Bonchev–Trinajstić information content (AvgIpc) is 2.19. The smallest absolute Gasteiger partial charge is 0.303 e. The number of ether oxygens (including phenoxy) is 1. The van der Waals surface area contributed by atoms with Gasteiger partial charge in [-0.05, 0) is 26.7 Å². The molecule has 3 heteroatoms. The Morgan fingerprint density at radius 1 is 1.13 bits per heavy atom. The van der Waals surface area contributed by atoms with Gasteiger partial charge in [0.1, 0.15) is 0 Å². The molecule has 0 unspecified atom stereocenters. The van der Waals surface area contributed by atoms with Crippen molar-refractivity contribution in [3.05, 3.63) is 12.2 Å². The van der Waals surface area contributed by atoms with Crippen LogP contribution in [0.5, 0.6) is 0 Å². The highest BCUT2D eigenvalue weighted by atomic mass is 16.5. The minimum Gasteiger partial charge on any atom is -0.481 e. The quantitative estimate of drug-likeness (QED) is 0.664. The Balaban J connectivity index is 0. The molecular formula is C12H24O3. The Bertz CT molecular complexity index is 151. The van der Waals surface area contributed by atoms with Crippen molar-refractivity contribution >= 4 is 5.97 Å². The molecule has 0 aromatic rings. The van der Waals surface area contributed by atoms with Crippen molar-refractivity contribution in [2.75, 3.05) is 13.2 Å². The number of unbranched alkanes of at least 4 members (excludes halogenated alkanes) is 1. The number of hydrogen-bond donors (Lipinski definition) is 1. The van der Waals surface area contributed by atoms with E-state index < -0.39 is 5.97 Å². The first-order valence-corrected chi connectivity index (χ1v) is 5.63. The van der Waals surface area contributed by atoms with Crippen molar-refractivity contribution in [1.29, 1.82) is 0 Å². The maximum absolute atomic E-state index is 10.00. The highest BCUT2D eigenvalue weighted by molar-refractivity contribution is 5.66. The van der Waals surface area contributed by atoms with Gasteiger partial charge in [-0.3, -0.25) is 4.79 Å². The maximum Gasteiger partial charge on any atom is 0.303 e. The molecule has 0 saturated heterocycles. The van der Waals surface area contributed by atoms with Crippen LogP contribution in [0.25, 0.3) is 0 Å². The first kappa shape index (κ1) is 16.6. The second-order valence-electron chi connectivity index (χ2n) is 2.97. The van der Waals surface area contributed by atoms with Crippen LogP contribution in [0.15, 0.2) is 12.2 Å². The summed E-state index contributed by atoms with van der Waals surface area (Å²) < 4.78 is 4.83. The van der Waals surface area contributed by atoms with Gasteiger partial charge in [0.05, 0.1) is 0 Å². The van der Waals surface area contributed by atoms with Crippen molar-refractivity contribution < 1.29 is 14.6 Å². The van der Waals surface area contributed by atoms with E-state index in [0.717, 1.165) is 26.1 Å². The summed E-state index contributed by atoms with van der Waals surface area (Å²) in [5.74, 6) is -0.721. The SMILES string of the molecule is CCC/C=C/CCC(=O)O.CCOCC. The molecule has 0 saturated carbocycles. The summed E-state index contributed by atoms with van der Waals surface area (Å²) in [6.45, 7) is 7.77. The molecule has 0 aromatic carbocycles. The fourth-order valence-corrected chi connectivity index (χ4v) is 0.813. The first-order valence-electron chi connectivity index (χ1n) is 5.63. The van der Waals surface area contributed by atoms with Gasteiger partial charge in [-0.2, -0.15) is 0 Å². The van der Waals surface area contributed by atoms with Crippen LogP contribution in [-0.2, 0) is 9.53 Å². The number of carboxylic acid groups (broad SMARTS) is 1. The molecule has 0 atom stereocenters. The van der Waals surface area contributed by atoms with E-state index in [1.54, 1.807) is 0 Å². The lowest BCUT2D eigenvalue weighted by atomic mass is 10.2. The van der Waals surface area contributed by atoms with E-state index >= 15 is 0 Å². The standard InChI is InChI=1S/C8H14O2.C4H10O/c1-2-3-4-5-6-7-8(9)10;1-3-5-4-2/h4-5H,2-3,6-7H2,1H3,(H,9,10);3-4H2,1-2H3/b5-4+;. The fourth-order valence-electron chi connectivity index (χ4n) is 0.813. The number of rotatable bonds is 7. The zero-order chi connectivity index (χ0) is 11.9. The van der Waals surface area contributed by atoms with Gasteiger partial charge in [-0.1, -0.05) is 25.5 Å². The van der Waals surface area contributed by atoms with Gasteiger partial charge in [0.15, 0.2) is 0 Å². The molecule has 1 N–H and O–H groups in total. The molecule has 0 aromatic heterocycles. The zero-order valence-electron chi connectivity index (χ0n) is 10.2. The molecule has 90 valence electrons. The molecule has 0 spiro atoms. The number of hydrogen-bond acceptors (Lipinski definition) is 2. The lowest BCUT2D eigenvalue weighted by Gasteiger charge is -1.86. The second-order valence-corrected chi connectivity index (χ2v) is 2.97. The molecule has 0 radical (unpaired) electrons. The lowest BCUT2D eigenvalue weighted by molar-refractivity contribution is -0.136. The minimum atomic E-state index is -0.721. The molecule has 3 nitrogen and oxygen atoms in total. The molecule has 0 heterocycles. The highest BCUT2D eigenvalue weighted by Gasteiger charge is 1.90. The third-order valence-electron chi connectivity index (χ3n) is 1.56. The summed E-state index contributed by atoms with van der Waals surface area (Å²) in [5.41, 5.74) is 0. The highest BCUT2D eigenvalue weighted by Crippen LogP contribution is 1.94. The molecule has 15 heavy (non-hydrogen) atoms. The monoisotopic (exact) mass is 216 g/mol. The van der Waals surface area contributed by atoms with E-state index in [4.69, 9.17) is 9.84 Å². The topological polar surface area (TPSA) is 46.5 Å². The van der Waals surface area contributed by atoms with Crippen LogP contribution >= 0.6 is 0 Å². The van der Waals surface area contributed by atoms with Crippen LogP contribution in [0.2, 0.25) is 0 Å². The normalized spacial score (nSPS) is 9.80. The van der Waals surface area contributed by atoms with Gasteiger partial charge in [-0.15, -0.1) is 0 Å². The summed E-state index contributed by atoms with van der Waals surface area (Å²) in [4.78, 5) is 10.00. The molecule has 0 aliphatic carbocycles. The van der Waals surface area contributed by atoms with E-state index in [-0.39, 0.29) is 6.42 Å². The molecule has 0 bridgehead atoms. The average molecular weight is 216 g/mol. The van der Waals surface area contributed by atoms with Crippen molar-refractivity contribution in [3.63, 3.8) is 0 Å². The lowest BCUT2D eigenvalue weighted by Crippen LogP contribution is -1.91. The Kier molecular flexibility index (Phi) is 17.3. The molecule has 0 rings (SSSR count). The van der Waals surface area contributed by atoms with Gasteiger partial charge >= 0.3 is 5.97 Å². The maximum atomic E-state index is 10.00. The third-order valence-corrected chi connectivity index (χ3v) is 1.56. The third kappa shape index (κ3) is 24.6. The number of aliphatic carboxylic acids is 1. The van der Waals surface area contributed by atoms with Crippen molar-refractivity contribution in [2.45, 2.75) is 46.5 Å². The van der Waals surface area contributed by atoms with Gasteiger partial charge < -0.3 is 9.84 Å². The van der Waals surface area contributed by atoms with Crippen LogP contribution < -0.4 is 0 Å². The van der Waals surface area contributed by atoms with Gasteiger partial charge in [0.2, 0.25) is 0 Å². The Labute approximate surface area is 93.1 Å². The zero-order valence-corrected chi connectivity index (χ0v) is 10.2. The molecule has 0 aliphatic heterocycles. The predicted octanol–water partition coefficient (Wildman–Crippen LogP) is 3.25. The van der Waals surface area contributed by atoms with Crippen LogP contribution in [0, 0.1) is 0 Å². The Morgan fingerprint density at radius 3 is 2.00 bits per heavy atom. The summed E-state index contributed by atoms with van der Waals surface area (Å²) in [6, 6.07) is 0. The van der Waals surface area contributed by atoms with Crippen molar-refractivity contribution in [2.24, 2.45) is 0 Å². The molecular weight excluding hydrogens is 192 g/mol. The molecule has 0 amide bonds. The van der Waals surface area contributed by atoms with Crippen LogP contribution in [0.1, 0.15) is 46.5 Å². The largest absolute Gasteiger partial charge is 0.481 e. The second kappa shape index (κ2) is 15.6. The van der Waals surface area contributed by atoms with E-state index in [1.165, 1.54) is 0 Å². The van der Waals surface area contributed by atoms with E-state index in [9.17, 15) is 4.79 Å². The Hall–Kier alpha value is -0.830. The number of carboxylic acids is 1. The van der Waals surface area contributed by atoms with Gasteiger partial charge in [0, 0.05) is 19.6 Å². The minimum absolute atomic E-state index is 0.250. The van der Waals surface area contributed by atoms with Crippen LogP contribution in [-0.4, -0.2) is 24.3 Å². The molecule has 0 fully saturated rings.